The molecule has 1 N–H and O–H groups in total. The average Bonchev–Trinajstić information content (AvgIpc) is 2.74. The molecule has 10 heteroatoms. The van der Waals surface area contributed by atoms with Crippen LogP contribution in [0.3, 0.4) is 0 Å². The predicted octanol–water partition coefficient (Wildman–Crippen LogP) is 2.28. The van der Waals surface area contributed by atoms with E-state index in [1.807, 2.05) is 0 Å². The van der Waals surface area contributed by atoms with E-state index >= 15 is 0 Å². The molecule has 0 aliphatic carbocycles. The van der Waals surface area contributed by atoms with Crippen LogP contribution in [0.2, 0.25) is 0 Å². The zero-order chi connectivity index (χ0) is 21.8. The first-order valence-electron chi connectivity index (χ1n) is 8.76. The Morgan fingerprint density at radius 3 is 2.67 bits per heavy atom. The maximum Gasteiger partial charge on any atom is 0.349 e. The van der Waals surface area contributed by atoms with Crippen LogP contribution < -0.4 is 20.7 Å². The number of ether oxygens (including phenoxy) is 3. The molecule has 1 atom stereocenters. The van der Waals surface area contributed by atoms with Crippen LogP contribution in [0.25, 0.3) is 10.9 Å². The molecule has 3 aromatic rings. The standard InChI is InChI=1S/C20H18BrN3O6/c1-11(19(26)29-3)30-17-14(21)8-12(9-16(17)28-2)10-22-24-18(25)13-6-4-5-7-15(13)23-20(24)27/h4-11H,1-3H3,(H,23,27)/t11-/m1/s1. The third kappa shape index (κ3) is 4.28. The highest BCUT2D eigenvalue weighted by Crippen LogP contribution is 2.37. The van der Waals surface area contributed by atoms with Gasteiger partial charge in [0.1, 0.15) is 0 Å². The molecule has 0 amide bonds. The average molecular weight is 476 g/mol. The Labute approximate surface area is 179 Å². The van der Waals surface area contributed by atoms with Gasteiger partial charge >= 0.3 is 11.7 Å². The molecular formula is C20H18BrN3O6. The van der Waals surface area contributed by atoms with E-state index < -0.39 is 23.3 Å². The lowest BCUT2D eigenvalue weighted by molar-refractivity contribution is -0.147. The lowest BCUT2D eigenvalue weighted by Crippen LogP contribution is -2.32. The summed E-state index contributed by atoms with van der Waals surface area (Å²) in [5.41, 5.74) is -0.239. The fraction of sp³-hybridized carbons (Fsp3) is 0.200. The summed E-state index contributed by atoms with van der Waals surface area (Å²) in [6.45, 7) is 1.55. The van der Waals surface area contributed by atoms with Crippen molar-refractivity contribution in [2.75, 3.05) is 14.2 Å². The molecule has 156 valence electrons. The van der Waals surface area contributed by atoms with Crippen LogP contribution in [0.15, 0.2) is 55.6 Å². The minimum absolute atomic E-state index is 0.299. The molecule has 0 aliphatic heterocycles. The van der Waals surface area contributed by atoms with Gasteiger partial charge in [-0.05, 0) is 52.7 Å². The van der Waals surface area contributed by atoms with Gasteiger partial charge in [0.15, 0.2) is 17.6 Å². The van der Waals surface area contributed by atoms with Gasteiger partial charge in [0.2, 0.25) is 0 Å². The smallest absolute Gasteiger partial charge is 0.349 e. The summed E-state index contributed by atoms with van der Waals surface area (Å²) in [6, 6.07) is 9.90. The molecule has 1 aromatic heterocycles. The van der Waals surface area contributed by atoms with Crippen molar-refractivity contribution in [1.29, 1.82) is 0 Å². The third-order valence-corrected chi connectivity index (χ3v) is 4.77. The fourth-order valence-corrected chi connectivity index (χ4v) is 3.26. The van der Waals surface area contributed by atoms with Crippen LogP contribution >= 0.6 is 15.9 Å². The third-order valence-electron chi connectivity index (χ3n) is 4.19. The highest BCUT2D eigenvalue weighted by atomic mass is 79.9. The monoisotopic (exact) mass is 475 g/mol. The van der Waals surface area contributed by atoms with Crippen molar-refractivity contribution in [2.45, 2.75) is 13.0 Å². The number of rotatable bonds is 6. The summed E-state index contributed by atoms with van der Waals surface area (Å²) in [7, 11) is 2.71. The summed E-state index contributed by atoms with van der Waals surface area (Å²) in [5.74, 6) is 0.0825. The first-order valence-corrected chi connectivity index (χ1v) is 9.55. The van der Waals surface area contributed by atoms with Gasteiger partial charge in [-0.3, -0.25) is 4.79 Å². The number of nitrogens with one attached hydrogen (secondary N) is 1. The molecule has 30 heavy (non-hydrogen) atoms. The van der Waals surface area contributed by atoms with Crippen LogP contribution in [-0.2, 0) is 9.53 Å². The number of hydrogen-bond acceptors (Lipinski definition) is 7. The molecule has 0 aliphatic rings. The molecular weight excluding hydrogens is 458 g/mol. The highest BCUT2D eigenvalue weighted by Gasteiger charge is 2.20. The number of benzene rings is 2. The van der Waals surface area contributed by atoms with Gasteiger partial charge in [0.05, 0.1) is 35.8 Å². The molecule has 9 nitrogen and oxygen atoms in total. The number of para-hydroxylation sites is 1. The van der Waals surface area contributed by atoms with E-state index in [4.69, 9.17) is 9.47 Å². The van der Waals surface area contributed by atoms with Crippen molar-refractivity contribution in [1.82, 2.24) is 9.66 Å². The fourth-order valence-electron chi connectivity index (χ4n) is 2.70. The molecule has 0 bridgehead atoms. The van der Waals surface area contributed by atoms with E-state index in [0.29, 0.717) is 32.4 Å². The summed E-state index contributed by atoms with van der Waals surface area (Å²) < 4.78 is 16.8. The number of halogens is 1. The number of carbonyl (C=O) groups is 1. The molecule has 3 rings (SSSR count). The van der Waals surface area contributed by atoms with Crippen molar-refractivity contribution < 1.29 is 19.0 Å². The Kier molecular flexibility index (Phi) is 6.36. The van der Waals surface area contributed by atoms with Gasteiger partial charge in [0, 0.05) is 0 Å². The maximum atomic E-state index is 12.6. The molecule has 0 radical (unpaired) electrons. The number of aromatic nitrogens is 2. The normalized spacial score (nSPS) is 12.1. The summed E-state index contributed by atoms with van der Waals surface area (Å²) in [6.07, 6.45) is 0.487. The molecule has 0 spiro atoms. The number of methoxy groups -OCH3 is 2. The largest absolute Gasteiger partial charge is 0.493 e. The van der Waals surface area contributed by atoms with E-state index in [9.17, 15) is 14.4 Å². The first kappa shape index (κ1) is 21.3. The number of fused-ring (bicyclic) bond motifs is 1. The Morgan fingerprint density at radius 2 is 1.97 bits per heavy atom. The number of H-pyrrole nitrogens is 1. The number of carbonyl (C=O) groups excluding carboxylic acids is 1. The van der Waals surface area contributed by atoms with Crippen LogP contribution in [0, 0.1) is 0 Å². The minimum atomic E-state index is -0.852. The second-order valence-electron chi connectivity index (χ2n) is 6.15. The van der Waals surface area contributed by atoms with Crippen LogP contribution in [-0.4, -0.2) is 42.2 Å². The number of hydrogen-bond donors (Lipinski definition) is 1. The van der Waals surface area contributed by atoms with E-state index in [2.05, 4.69) is 30.8 Å². The lowest BCUT2D eigenvalue weighted by atomic mass is 10.2. The predicted molar refractivity (Wildman–Crippen MR) is 115 cm³/mol. The van der Waals surface area contributed by atoms with Crippen LogP contribution in [0.1, 0.15) is 12.5 Å². The zero-order valence-electron chi connectivity index (χ0n) is 16.3. The SMILES string of the molecule is COC(=O)[C@@H](C)Oc1c(Br)cc(C=Nn2c(=O)[nH]c3ccccc3c2=O)cc1OC. The zero-order valence-corrected chi connectivity index (χ0v) is 17.9. The second kappa shape index (κ2) is 8.95. The van der Waals surface area contributed by atoms with Crippen molar-refractivity contribution >= 4 is 39.0 Å². The molecule has 0 saturated carbocycles. The van der Waals surface area contributed by atoms with E-state index in [-0.39, 0.29) is 0 Å². The summed E-state index contributed by atoms with van der Waals surface area (Å²) in [5, 5.41) is 4.36. The van der Waals surface area contributed by atoms with E-state index in [1.165, 1.54) is 20.4 Å². The maximum absolute atomic E-state index is 12.6. The van der Waals surface area contributed by atoms with Gasteiger partial charge in [-0.2, -0.15) is 5.10 Å². The summed E-state index contributed by atoms with van der Waals surface area (Å²) in [4.78, 5) is 39.0. The topological polar surface area (TPSA) is 112 Å². The Balaban J connectivity index is 1.98. The second-order valence-corrected chi connectivity index (χ2v) is 7.01. The molecule has 0 unspecified atom stereocenters. The number of nitrogens with zero attached hydrogens (tertiary/aromatic N) is 2. The Hall–Kier alpha value is -3.40. The lowest BCUT2D eigenvalue weighted by Gasteiger charge is -2.17. The Bertz CT molecular complexity index is 1250. The van der Waals surface area contributed by atoms with Crippen LogP contribution in [0.5, 0.6) is 11.5 Å². The highest BCUT2D eigenvalue weighted by molar-refractivity contribution is 9.10. The van der Waals surface area contributed by atoms with Crippen molar-refractivity contribution in [3.05, 3.63) is 67.3 Å². The van der Waals surface area contributed by atoms with E-state index in [0.717, 1.165) is 4.68 Å². The number of esters is 1. The van der Waals surface area contributed by atoms with Crippen LogP contribution in [0.4, 0.5) is 0 Å². The van der Waals surface area contributed by atoms with Gasteiger partial charge in [-0.25, -0.2) is 9.59 Å². The van der Waals surface area contributed by atoms with Crippen molar-refractivity contribution in [3.63, 3.8) is 0 Å². The van der Waals surface area contributed by atoms with Crippen molar-refractivity contribution in [3.8, 4) is 11.5 Å². The molecule has 2 aromatic carbocycles. The van der Waals surface area contributed by atoms with E-state index in [1.54, 1.807) is 43.3 Å². The van der Waals surface area contributed by atoms with Crippen molar-refractivity contribution in [2.24, 2.45) is 5.10 Å². The first-order chi connectivity index (χ1) is 14.3. The molecule has 0 fully saturated rings. The van der Waals surface area contributed by atoms with Gasteiger partial charge in [-0.1, -0.05) is 12.1 Å². The quantitative estimate of drug-likeness (QED) is 0.432. The Morgan fingerprint density at radius 1 is 1.23 bits per heavy atom. The van der Waals surface area contributed by atoms with Gasteiger partial charge in [0.25, 0.3) is 5.56 Å². The molecule has 1 heterocycles. The minimum Gasteiger partial charge on any atom is -0.493 e. The number of aromatic amines is 1. The molecule has 0 saturated heterocycles. The van der Waals surface area contributed by atoms with Gasteiger partial charge in [-0.15, -0.1) is 4.68 Å². The summed E-state index contributed by atoms with van der Waals surface area (Å²) >= 11 is 3.37. The van der Waals surface area contributed by atoms with Gasteiger partial charge < -0.3 is 19.2 Å².